The molecule has 0 fully saturated rings. The monoisotopic (exact) mass is 296 g/mol. The lowest BCUT2D eigenvalue weighted by Crippen LogP contribution is -2.32. The van der Waals surface area contributed by atoms with Crippen LogP contribution in [0.5, 0.6) is 0 Å². The molecule has 0 aromatic heterocycles. The lowest BCUT2D eigenvalue weighted by Gasteiger charge is -2.28. The quantitative estimate of drug-likeness (QED) is 0.838. The van der Waals surface area contributed by atoms with E-state index in [-0.39, 0.29) is 6.04 Å². The fourth-order valence-corrected chi connectivity index (χ4v) is 2.67. The summed E-state index contributed by atoms with van der Waals surface area (Å²) in [7, 11) is 2.15. The summed E-state index contributed by atoms with van der Waals surface area (Å²) in [6, 6.07) is 8.71. The molecular weight excluding hydrogens is 268 g/mol. The van der Waals surface area contributed by atoms with Gasteiger partial charge in [-0.1, -0.05) is 44.5 Å². The Balaban J connectivity index is 2.48. The van der Waals surface area contributed by atoms with E-state index in [0.717, 1.165) is 24.4 Å². The van der Waals surface area contributed by atoms with Crippen molar-refractivity contribution in [3.8, 4) is 0 Å². The van der Waals surface area contributed by atoms with Gasteiger partial charge in [0.25, 0.3) is 0 Å². The molecule has 1 aromatic rings. The second-order valence-electron chi connectivity index (χ2n) is 7.03. The molecule has 3 heteroatoms. The minimum Gasteiger partial charge on any atom is -0.328 e. The molecule has 1 aromatic carbocycles. The molecule has 0 aliphatic heterocycles. The smallest absolute Gasteiger partial charge is 0.0409 e. The molecule has 114 valence electrons. The van der Waals surface area contributed by atoms with E-state index in [4.69, 9.17) is 17.3 Å². The van der Waals surface area contributed by atoms with E-state index in [0.29, 0.717) is 11.5 Å². The predicted octanol–water partition coefficient (Wildman–Crippen LogP) is 4.49. The first-order chi connectivity index (χ1) is 9.19. The van der Waals surface area contributed by atoms with E-state index in [2.05, 4.69) is 45.7 Å². The topological polar surface area (TPSA) is 29.3 Å². The second kappa shape index (κ2) is 7.44. The Morgan fingerprint density at radius 3 is 2.50 bits per heavy atom. The van der Waals surface area contributed by atoms with Gasteiger partial charge in [-0.15, -0.1) is 0 Å². The maximum Gasteiger partial charge on any atom is 0.0409 e. The van der Waals surface area contributed by atoms with Gasteiger partial charge in [0, 0.05) is 17.1 Å². The first-order valence-corrected chi connectivity index (χ1v) is 7.78. The maximum atomic E-state index is 6.22. The van der Waals surface area contributed by atoms with Crippen molar-refractivity contribution in [2.24, 2.45) is 11.1 Å². The van der Waals surface area contributed by atoms with E-state index in [9.17, 15) is 0 Å². The Labute approximate surface area is 129 Å². The molecule has 20 heavy (non-hydrogen) atoms. The average molecular weight is 297 g/mol. The van der Waals surface area contributed by atoms with Crippen LogP contribution in [0.4, 0.5) is 0 Å². The lowest BCUT2D eigenvalue weighted by atomic mass is 9.87. The maximum absolute atomic E-state index is 6.22. The van der Waals surface area contributed by atoms with Crippen molar-refractivity contribution in [2.75, 3.05) is 13.6 Å². The highest BCUT2D eigenvalue weighted by atomic mass is 35.5. The summed E-state index contributed by atoms with van der Waals surface area (Å²) >= 11 is 6.06. The molecule has 0 aliphatic rings. The van der Waals surface area contributed by atoms with Crippen molar-refractivity contribution in [3.63, 3.8) is 0 Å². The van der Waals surface area contributed by atoms with Crippen LogP contribution in [0.1, 0.15) is 52.1 Å². The summed E-state index contributed by atoms with van der Waals surface area (Å²) in [6.07, 6.45) is 2.09. The highest BCUT2D eigenvalue weighted by Crippen LogP contribution is 2.24. The number of nitrogens with zero attached hydrogens (tertiary/aromatic N) is 1. The zero-order valence-corrected chi connectivity index (χ0v) is 14.2. The van der Waals surface area contributed by atoms with Crippen molar-refractivity contribution in [3.05, 3.63) is 34.9 Å². The highest BCUT2D eigenvalue weighted by Gasteiger charge is 2.17. The third-order valence-electron chi connectivity index (χ3n) is 3.72. The van der Waals surface area contributed by atoms with Crippen molar-refractivity contribution in [1.29, 1.82) is 0 Å². The minimum atomic E-state index is 0.268. The van der Waals surface area contributed by atoms with Gasteiger partial charge in [-0.2, -0.15) is 0 Å². The van der Waals surface area contributed by atoms with Crippen LogP contribution < -0.4 is 5.73 Å². The third kappa shape index (κ3) is 6.25. The fraction of sp³-hybridized carbons (Fsp3) is 0.647. The molecule has 0 amide bonds. The molecule has 0 radical (unpaired) electrons. The molecule has 0 spiro atoms. The Hall–Kier alpha value is -0.570. The largest absolute Gasteiger partial charge is 0.328 e. The Morgan fingerprint density at radius 2 is 1.95 bits per heavy atom. The number of benzene rings is 1. The van der Waals surface area contributed by atoms with E-state index >= 15 is 0 Å². The Morgan fingerprint density at radius 1 is 1.30 bits per heavy atom. The van der Waals surface area contributed by atoms with Crippen LogP contribution in [-0.4, -0.2) is 24.5 Å². The predicted molar refractivity (Wildman–Crippen MR) is 89.2 cm³/mol. The molecule has 2 nitrogen and oxygen atoms in total. The van der Waals surface area contributed by atoms with E-state index in [1.54, 1.807) is 0 Å². The van der Waals surface area contributed by atoms with Gasteiger partial charge in [-0.25, -0.2) is 0 Å². The molecule has 2 atom stereocenters. The van der Waals surface area contributed by atoms with Crippen LogP contribution in [0.25, 0.3) is 0 Å². The standard InChI is InChI=1S/C17H29ClN2/c1-13(14-7-6-8-15(18)11-14)20(5)10-9-16(19)12-17(2,3)4/h6-8,11,13,16H,9-10,12,19H2,1-5H3. The number of rotatable bonds is 6. The van der Waals surface area contributed by atoms with Crippen LogP contribution in [0.15, 0.2) is 24.3 Å². The van der Waals surface area contributed by atoms with Crippen molar-refractivity contribution >= 4 is 11.6 Å². The van der Waals surface area contributed by atoms with Gasteiger partial charge in [0.15, 0.2) is 0 Å². The van der Waals surface area contributed by atoms with Gasteiger partial charge in [0.05, 0.1) is 0 Å². The van der Waals surface area contributed by atoms with Gasteiger partial charge in [0.2, 0.25) is 0 Å². The van der Waals surface area contributed by atoms with Gasteiger partial charge in [-0.3, -0.25) is 4.90 Å². The third-order valence-corrected chi connectivity index (χ3v) is 3.95. The highest BCUT2D eigenvalue weighted by molar-refractivity contribution is 6.30. The Bertz CT molecular complexity index is 412. The van der Waals surface area contributed by atoms with Gasteiger partial charge in [0.1, 0.15) is 0 Å². The summed E-state index contributed by atoms with van der Waals surface area (Å²) < 4.78 is 0. The van der Waals surface area contributed by atoms with Crippen LogP contribution in [-0.2, 0) is 0 Å². The Kier molecular flexibility index (Phi) is 6.50. The van der Waals surface area contributed by atoms with E-state index < -0.39 is 0 Å². The van der Waals surface area contributed by atoms with Crippen LogP contribution >= 0.6 is 11.6 Å². The number of hydrogen-bond donors (Lipinski definition) is 1. The lowest BCUT2D eigenvalue weighted by molar-refractivity contribution is 0.237. The van der Waals surface area contributed by atoms with E-state index in [1.807, 2.05) is 18.2 Å². The number of hydrogen-bond acceptors (Lipinski definition) is 2. The van der Waals surface area contributed by atoms with Crippen molar-refractivity contribution in [1.82, 2.24) is 4.90 Å². The molecule has 2 unspecified atom stereocenters. The average Bonchev–Trinajstić information content (AvgIpc) is 2.33. The fourth-order valence-electron chi connectivity index (χ4n) is 2.47. The second-order valence-corrected chi connectivity index (χ2v) is 7.46. The molecule has 0 bridgehead atoms. The summed E-state index contributed by atoms with van der Waals surface area (Å²) in [5.41, 5.74) is 7.78. The molecule has 0 saturated carbocycles. The zero-order valence-electron chi connectivity index (χ0n) is 13.5. The molecule has 2 N–H and O–H groups in total. The zero-order chi connectivity index (χ0) is 15.3. The normalized spacial score (nSPS) is 15.4. The summed E-state index contributed by atoms with van der Waals surface area (Å²) in [4.78, 5) is 2.34. The first kappa shape index (κ1) is 17.5. The van der Waals surface area contributed by atoms with Gasteiger partial charge in [-0.05, 0) is 56.5 Å². The van der Waals surface area contributed by atoms with Gasteiger partial charge >= 0.3 is 0 Å². The summed E-state index contributed by atoms with van der Waals surface area (Å²) in [5, 5.41) is 0.798. The summed E-state index contributed by atoms with van der Waals surface area (Å²) in [6.45, 7) is 9.94. The minimum absolute atomic E-state index is 0.268. The van der Waals surface area contributed by atoms with Crippen LogP contribution in [0.2, 0.25) is 5.02 Å². The molecule has 0 saturated heterocycles. The number of nitrogens with two attached hydrogens (primary N) is 1. The summed E-state index contributed by atoms with van der Waals surface area (Å²) in [5.74, 6) is 0. The molecule has 0 aliphatic carbocycles. The SMILES string of the molecule is CC(c1cccc(Cl)c1)N(C)CCC(N)CC(C)(C)C. The van der Waals surface area contributed by atoms with Crippen LogP contribution in [0.3, 0.4) is 0 Å². The molecular formula is C17H29ClN2. The van der Waals surface area contributed by atoms with Crippen LogP contribution in [0, 0.1) is 5.41 Å². The van der Waals surface area contributed by atoms with Crippen molar-refractivity contribution < 1.29 is 0 Å². The molecule has 0 heterocycles. The first-order valence-electron chi connectivity index (χ1n) is 7.40. The number of halogens is 1. The van der Waals surface area contributed by atoms with Crippen molar-refractivity contribution in [2.45, 2.75) is 52.6 Å². The van der Waals surface area contributed by atoms with E-state index in [1.165, 1.54) is 5.56 Å². The van der Waals surface area contributed by atoms with Gasteiger partial charge < -0.3 is 5.73 Å². The molecule has 1 rings (SSSR count).